The van der Waals surface area contributed by atoms with Crippen molar-refractivity contribution in [3.8, 4) is 24.0 Å². The fourth-order valence-electron chi connectivity index (χ4n) is 1.21. The van der Waals surface area contributed by atoms with Crippen LogP contribution in [0.2, 0.25) is 10.6 Å². The number of hydrogen-bond acceptors (Lipinski definition) is 10. The Morgan fingerprint density at radius 3 is 1.36 bits per heavy atom. The van der Waals surface area contributed by atoms with Gasteiger partial charge in [0.15, 0.2) is 0 Å². The van der Waals surface area contributed by atoms with Gasteiger partial charge in [0.2, 0.25) is 10.6 Å². The van der Waals surface area contributed by atoms with Gasteiger partial charge in [-0.05, 0) is 23.2 Å². The van der Waals surface area contributed by atoms with Crippen LogP contribution >= 0.6 is 23.2 Å². The van der Waals surface area contributed by atoms with Crippen molar-refractivity contribution in [2.75, 3.05) is 27.4 Å². The number of ether oxygens (including phenoxy) is 4. The molecular weight excluding hydrogens is 339 g/mol. The van der Waals surface area contributed by atoms with E-state index in [2.05, 4.69) is 29.9 Å². The molecule has 118 valence electrons. The standard InChI is InChI=1S/C10H10Cl2N6O4/c1-19-7-13-5(11)15-9(17-7)21-3-4-22-10-16-6(12)14-8(18-10)20-2/h3-4H2,1-2H3. The molecule has 0 amide bonds. The van der Waals surface area contributed by atoms with Gasteiger partial charge < -0.3 is 18.9 Å². The number of aromatic nitrogens is 6. The maximum atomic E-state index is 5.68. The van der Waals surface area contributed by atoms with Crippen LogP contribution in [0, 0.1) is 0 Å². The highest BCUT2D eigenvalue weighted by molar-refractivity contribution is 6.28. The Labute approximate surface area is 134 Å². The number of nitrogens with zero attached hydrogens (tertiary/aromatic N) is 6. The number of halogens is 2. The van der Waals surface area contributed by atoms with Crippen molar-refractivity contribution in [2.24, 2.45) is 0 Å². The van der Waals surface area contributed by atoms with Crippen LogP contribution in [0.1, 0.15) is 0 Å². The fraction of sp³-hybridized carbons (Fsp3) is 0.400. The minimum Gasteiger partial charge on any atom is -0.467 e. The average Bonchev–Trinajstić information content (AvgIpc) is 2.50. The van der Waals surface area contributed by atoms with E-state index >= 15 is 0 Å². The van der Waals surface area contributed by atoms with Gasteiger partial charge in [0.25, 0.3) is 0 Å². The first-order valence-corrected chi connectivity index (χ1v) is 6.53. The van der Waals surface area contributed by atoms with Crippen LogP contribution in [-0.2, 0) is 0 Å². The third-order valence-corrected chi connectivity index (χ3v) is 2.38. The van der Waals surface area contributed by atoms with Crippen LogP contribution in [0.5, 0.6) is 24.0 Å². The normalized spacial score (nSPS) is 10.2. The van der Waals surface area contributed by atoms with Gasteiger partial charge in [-0.2, -0.15) is 19.9 Å². The van der Waals surface area contributed by atoms with E-state index in [1.54, 1.807) is 0 Å². The summed E-state index contributed by atoms with van der Waals surface area (Å²) in [6.45, 7) is 0.213. The van der Waals surface area contributed by atoms with Crippen molar-refractivity contribution in [1.82, 2.24) is 29.9 Å². The zero-order valence-electron chi connectivity index (χ0n) is 11.5. The highest BCUT2D eigenvalue weighted by atomic mass is 35.5. The van der Waals surface area contributed by atoms with Crippen molar-refractivity contribution in [1.29, 1.82) is 0 Å². The summed E-state index contributed by atoms with van der Waals surface area (Å²) >= 11 is 11.4. The van der Waals surface area contributed by atoms with Gasteiger partial charge in [-0.3, -0.25) is 0 Å². The first kappa shape index (κ1) is 16.2. The van der Waals surface area contributed by atoms with Crippen LogP contribution in [0.15, 0.2) is 0 Å². The first-order chi connectivity index (χ1) is 10.6. The molecule has 0 saturated heterocycles. The Morgan fingerprint density at radius 2 is 1.00 bits per heavy atom. The summed E-state index contributed by atoms with van der Waals surface area (Å²) in [6.07, 6.45) is 0. The minimum atomic E-state index is -0.0447. The lowest BCUT2D eigenvalue weighted by atomic mass is 10.7. The van der Waals surface area contributed by atoms with Gasteiger partial charge in [0, 0.05) is 0 Å². The van der Waals surface area contributed by atoms with E-state index in [4.69, 9.17) is 42.1 Å². The molecule has 2 rings (SSSR count). The maximum absolute atomic E-state index is 5.68. The second kappa shape index (κ2) is 7.71. The predicted molar refractivity (Wildman–Crippen MR) is 73.8 cm³/mol. The molecule has 0 aliphatic heterocycles. The fourth-order valence-corrected chi connectivity index (χ4v) is 1.50. The van der Waals surface area contributed by atoms with E-state index in [0.29, 0.717) is 0 Å². The molecule has 2 heterocycles. The number of rotatable bonds is 7. The molecule has 2 aromatic heterocycles. The molecule has 0 aliphatic carbocycles. The van der Waals surface area contributed by atoms with Gasteiger partial charge >= 0.3 is 24.0 Å². The average molecular weight is 349 g/mol. The molecule has 22 heavy (non-hydrogen) atoms. The van der Waals surface area contributed by atoms with E-state index in [-0.39, 0.29) is 47.8 Å². The second-order valence-electron chi connectivity index (χ2n) is 3.44. The van der Waals surface area contributed by atoms with Gasteiger partial charge in [-0.15, -0.1) is 9.97 Å². The molecule has 10 nitrogen and oxygen atoms in total. The Hall–Kier alpha value is -2.20. The van der Waals surface area contributed by atoms with Crippen LogP contribution in [0.3, 0.4) is 0 Å². The maximum Gasteiger partial charge on any atom is 0.324 e. The second-order valence-corrected chi connectivity index (χ2v) is 4.12. The Balaban J connectivity index is 1.87. The largest absolute Gasteiger partial charge is 0.467 e. The molecule has 0 N–H and O–H groups in total. The monoisotopic (exact) mass is 348 g/mol. The van der Waals surface area contributed by atoms with Gasteiger partial charge in [0.05, 0.1) is 14.2 Å². The van der Waals surface area contributed by atoms with Gasteiger partial charge in [-0.1, -0.05) is 0 Å². The molecular formula is C10H10Cl2N6O4. The summed E-state index contributed by atoms with van der Waals surface area (Å²) in [6, 6.07) is 0.105. The molecule has 0 atom stereocenters. The Bertz CT molecular complexity index is 591. The third kappa shape index (κ3) is 4.67. The summed E-state index contributed by atoms with van der Waals surface area (Å²) in [5.74, 6) is 0. The van der Waals surface area contributed by atoms with E-state index in [1.165, 1.54) is 14.2 Å². The van der Waals surface area contributed by atoms with Crippen molar-refractivity contribution in [2.45, 2.75) is 0 Å². The smallest absolute Gasteiger partial charge is 0.324 e. The summed E-state index contributed by atoms with van der Waals surface area (Å²) < 4.78 is 20.2. The highest BCUT2D eigenvalue weighted by Crippen LogP contribution is 2.14. The molecule has 0 unspecified atom stereocenters. The van der Waals surface area contributed by atoms with E-state index < -0.39 is 0 Å². The van der Waals surface area contributed by atoms with E-state index in [0.717, 1.165) is 0 Å². The lowest BCUT2D eigenvalue weighted by Crippen LogP contribution is -2.13. The third-order valence-electron chi connectivity index (χ3n) is 2.04. The molecule has 0 aliphatic rings. The van der Waals surface area contributed by atoms with E-state index in [1.807, 2.05) is 0 Å². The first-order valence-electron chi connectivity index (χ1n) is 5.77. The molecule has 0 radical (unpaired) electrons. The van der Waals surface area contributed by atoms with E-state index in [9.17, 15) is 0 Å². The molecule has 0 fully saturated rings. The summed E-state index contributed by atoms with van der Waals surface area (Å²) in [5, 5.41) is -0.0893. The van der Waals surface area contributed by atoms with Crippen LogP contribution in [0.25, 0.3) is 0 Å². The summed E-state index contributed by atoms with van der Waals surface area (Å²) in [5.41, 5.74) is 0. The Morgan fingerprint density at radius 1 is 0.636 bits per heavy atom. The minimum absolute atomic E-state index is 0.00621. The molecule has 0 saturated carbocycles. The quantitative estimate of drug-likeness (QED) is 0.666. The molecule has 2 aromatic rings. The summed E-state index contributed by atoms with van der Waals surface area (Å²) in [7, 11) is 2.80. The van der Waals surface area contributed by atoms with Gasteiger partial charge in [-0.25, -0.2) is 0 Å². The lowest BCUT2D eigenvalue weighted by molar-refractivity contribution is 0.191. The van der Waals surface area contributed by atoms with Crippen LogP contribution < -0.4 is 18.9 Å². The number of methoxy groups -OCH3 is 2. The van der Waals surface area contributed by atoms with Crippen molar-refractivity contribution < 1.29 is 18.9 Å². The molecule has 12 heteroatoms. The molecule has 0 aromatic carbocycles. The van der Waals surface area contributed by atoms with Crippen LogP contribution in [-0.4, -0.2) is 57.3 Å². The zero-order chi connectivity index (χ0) is 15.9. The topological polar surface area (TPSA) is 114 Å². The summed E-state index contributed by atoms with van der Waals surface area (Å²) in [4.78, 5) is 22.7. The predicted octanol–water partition coefficient (Wildman–Crippen LogP) is 0.838. The molecule has 0 bridgehead atoms. The van der Waals surface area contributed by atoms with Crippen molar-refractivity contribution >= 4 is 23.2 Å². The highest BCUT2D eigenvalue weighted by Gasteiger charge is 2.08. The Kier molecular flexibility index (Phi) is 5.67. The van der Waals surface area contributed by atoms with Crippen molar-refractivity contribution in [3.05, 3.63) is 10.6 Å². The zero-order valence-corrected chi connectivity index (χ0v) is 13.0. The SMILES string of the molecule is COc1nc(Cl)nc(OCCOc2nc(Cl)nc(OC)n2)n1. The molecule has 0 spiro atoms. The lowest BCUT2D eigenvalue weighted by Gasteiger charge is -2.07. The van der Waals surface area contributed by atoms with Crippen LogP contribution in [0.4, 0.5) is 0 Å². The van der Waals surface area contributed by atoms with Crippen molar-refractivity contribution in [3.63, 3.8) is 0 Å². The number of hydrogen-bond donors (Lipinski definition) is 0. The van der Waals surface area contributed by atoms with Gasteiger partial charge in [0.1, 0.15) is 13.2 Å².